The van der Waals surface area contributed by atoms with Crippen molar-refractivity contribution in [2.75, 3.05) is 0 Å². The molecule has 0 aliphatic carbocycles. The van der Waals surface area contributed by atoms with Crippen LogP contribution in [0.4, 0.5) is 0 Å². The van der Waals surface area contributed by atoms with E-state index in [0.29, 0.717) is 0 Å². The van der Waals surface area contributed by atoms with Crippen LogP contribution in [-0.4, -0.2) is 20.4 Å². The van der Waals surface area contributed by atoms with E-state index in [1.165, 1.54) is 96.1 Å². The maximum Gasteiger partial charge on any atom is -0.172 e. The molecule has 4 rings (SSSR count). The molecule has 0 amide bonds. The maximum atomic E-state index is 5.13. The van der Waals surface area contributed by atoms with E-state index in [2.05, 4.69) is 115 Å². The quantitative estimate of drug-likeness (QED) is 0.0760. The molecule has 0 heterocycles. The van der Waals surface area contributed by atoms with Gasteiger partial charge in [-0.3, -0.25) is 0 Å². The molecule has 4 aromatic carbocycles. The maximum absolute atomic E-state index is 5.13. The molecule has 0 aliphatic rings. The smallest absolute Gasteiger partial charge is 0.172 e. The summed E-state index contributed by atoms with van der Waals surface area (Å²) in [4.78, 5) is 0. The summed E-state index contributed by atoms with van der Waals surface area (Å²) >= 11 is -1.85. The number of hydrogen-bond acceptors (Lipinski definition) is 0. The monoisotopic (exact) mass is 802 g/mol. The van der Waals surface area contributed by atoms with Crippen molar-refractivity contribution < 1.29 is 18.9 Å². The first kappa shape index (κ1) is 47.4. The van der Waals surface area contributed by atoms with Crippen molar-refractivity contribution in [1.29, 1.82) is 0 Å². The molecule has 0 spiro atoms. The van der Waals surface area contributed by atoms with Gasteiger partial charge in [-0.2, -0.15) is 31.0 Å². The van der Waals surface area contributed by atoms with Crippen molar-refractivity contribution in [1.82, 2.24) is 0 Å². The summed E-state index contributed by atoms with van der Waals surface area (Å²) < 4.78 is 3.37. The molecule has 0 saturated carbocycles. The van der Waals surface area contributed by atoms with Gasteiger partial charge < -0.3 is 13.8 Å². The van der Waals surface area contributed by atoms with Crippen LogP contribution in [0.2, 0.25) is 51.4 Å². The number of fused-ring (bicyclic) bond motifs is 3. The molecule has 0 aliphatic heterocycles. The third-order valence-electron chi connectivity index (χ3n) is 8.13. The first-order chi connectivity index (χ1) is 22.5. The van der Waals surface area contributed by atoms with E-state index in [1.807, 2.05) is 30.3 Å². The molecular weight excluding hydrogens is 735 g/mol. The molecule has 0 aromatic heterocycles. The number of hydrogen-bond donors (Lipinski definition) is 0. The van der Waals surface area contributed by atoms with Gasteiger partial charge in [-0.15, -0.1) is 39.7 Å². The predicted molar refractivity (Wildman–Crippen MR) is 230 cm³/mol. The zero-order valence-corrected chi connectivity index (χ0v) is 38.6. The average Bonchev–Trinajstić information content (AvgIpc) is 3.68. The number of aryl methyl sites for hydroxylation is 4. The minimum absolute atomic E-state index is 0.912. The Bertz CT molecular complexity index is 1280. The fourth-order valence-corrected chi connectivity index (χ4v) is 7.85. The van der Waals surface area contributed by atoms with Crippen molar-refractivity contribution in [2.45, 2.75) is 143 Å². The second kappa shape index (κ2) is 26.2. The zero-order chi connectivity index (χ0) is 36.8. The van der Waals surface area contributed by atoms with Crippen LogP contribution in [0.5, 0.6) is 0 Å². The van der Waals surface area contributed by atoms with Gasteiger partial charge in [-0.25, -0.2) is 12.1 Å². The Morgan fingerprint density at radius 3 is 1.25 bits per heavy atom. The fraction of sp³-hybridized carbons (Fsp3) is 0.512. The number of benzene rings is 2. The van der Waals surface area contributed by atoms with Gasteiger partial charge in [0.05, 0.1) is 0 Å². The van der Waals surface area contributed by atoms with E-state index < -0.39 is 35.0 Å². The number of unbranched alkanes of at least 4 members (excludes halogenated alkanes) is 4. The van der Waals surface area contributed by atoms with Gasteiger partial charge in [-0.05, 0) is 39.5 Å². The molecule has 0 unspecified atom stereocenters. The SMILES string of the molecule is Cc1cc2[cH-]c3cc(C)c(CCCC[Si](C)(C)C)cc3c2cc1CCCC[Si](C)(C)C.[CH2-]CCC.[CH2-]CCC.[CH2]=[Zr]([Cl])[Cl].c1cc[cH-]c1. The van der Waals surface area contributed by atoms with Gasteiger partial charge in [0, 0.05) is 16.1 Å². The zero-order valence-electron chi connectivity index (χ0n) is 32.6. The van der Waals surface area contributed by atoms with Crippen molar-refractivity contribution in [2.24, 2.45) is 0 Å². The first-order valence-corrected chi connectivity index (χ1v) is 33.8. The van der Waals surface area contributed by atoms with Crippen molar-refractivity contribution in [3.05, 3.63) is 96.8 Å². The Kier molecular flexibility index (Phi) is 25.9. The summed E-state index contributed by atoms with van der Waals surface area (Å²) in [5.74, 6) is 0. The normalized spacial score (nSPS) is 11.0. The van der Waals surface area contributed by atoms with Crippen LogP contribution < -0.4 is 0 Å². The van der Waals surface area contributed by atoms with E-state index in [4.69, 9.17) is 17.0 Å². The molecule has 4 aromatic rings. The fourth-order valence-electron chi connectivity index (χ4n) is 5.22. The van der Waals surface area contributed by atoms with E-state index in [9.17, 15) is 0 Å². The van der Waals surface area contributed by atoms with Gasteiger partial charge in [0.2, 0.25) is 0 Å². The van der Waals surface area contributed by atoms with Crippen LogP contribution in [0, 0.1) is 27.7 Å². The van der Waals surface area contributed by atoms with Crippen LogP contribution in [0.1, 0.15) is 87.5 Å². The molecular formula is C43H70Cl2Si2Zr-4. The summed E-state index contributed by atoms with van der Waals surface area (Å²) in [7, 11) is 8.43. The Balaban J connectivity index is 0.00000106. The summed E-state index contributed by atoms with van der Waals surface area (Å²) in [6.07, 6.45) is 12.4. The molecule has 48 heavy (non-hydrogen) atoms. The Morgan fingerprint density at radius 1 is 0.667 bits per heavy atom. The summed E-state index contributed by atoms with van der Waals surface area (Å²) in [5, 5.41) is 5.80. The molecule has 0 radical (unpaired) electrons. The Hall–Kier alpha value is -0.573. The third kappa shape index (κ3) is 23.0. The van der Waals surface area contributed by atoms with Crippen molar-refractivity contribution in [3.8, 4) is 0 Å². The molecule has 0 fully saturated rings. The van der Waals surface area contributed by atoms with Gasteiger partial charge in [0.25, 0.3) is 0 Å². The minimum Gasteiger partial charge on any atom is -0.214 e. The topological polar surface area (TPSA) is 0 Å². The van der Waals surface area contributed by atoms with Crippen LogP contribution in [0.25, 0.3) is 21.5 Å². The average molecular weight is 805 g/mol. The Labute approximate surface area is 315 Å². The third-order valence-corrected chi connectivity index (χ3v) is 11.8. The van der Waals surface area contributed by atoms with E-state index >= 15 is 0 Å². The molecule has 0 saturated heterocycles. The molecule has 0 nitrogen and oxygen atoms in total. The summed E-state index contributed by atoms with van der Waals surface area (Å²) in [6.45, 7) is 31.0. The van der Waals surface area contributed by atoms with Gasteiger partial charge in [-0.1, -0.05) is 125 Å². The largest absolute Gasteiger partial charge is 0.214 e. The molecule has 272 valence electrons. The second-order valence-corrected chi connectivity index (χ2v) is 34.9. The molecule has 5 heteroatoms. The first-order valence-electron chi connectivity index (χ1n) is 18.4. The van der Waals surface area contributed by atoms with Crippen LogP contribution in [0.15, 0.2) is 60.7 Å². The summed E-state index contributed by atoms with van der Waals surface area (Å²) in [5.41, 5.74) is 6.07. The predicted octanol–water partition coefficient (Wildman–Crippen LogP) is 15.6. The number of rotatable bonds is 12. The van der Waals surface area contributed by atoms with E-state index in [-0.39, 0.29) is 0 Å². The molecule has 0 bridgehead atoms. The van der Waals surface area contributed by atoms with Crippen LogP contribution in [-0.2, 0) is 31.7 Å². The van der Waals surface area contributed by atoms with E-state index in [1.54, 1.807) is 11.1 Å². The van der Waals surface area contributed by atoms with Gasteiger partial charge in [0.1, 0.15) is 0 Å². The van der Waals surface area contributed by atoms with Gasteiger partial charge >= 0.3 is 40.1 Å². The van der Waals surface area contributed by atoms with Crippen LogP contribution in [0.3, 0.4) is 0 Å². The van der Waals surface area contributed by atoms with Crippen LogP contribution >= 0.6 is 17.0 Å². The van der Waals surface area contributed by atoms with Crippen molar-refractivity contribution >= 4 is 58.9 Å². The molecule has 0 atom stereocenters. The standard InChI is InChI=1S/C29H45Si2.C5H5.2C4H9.CH2.2ClH.Zr/c1-22-17-26-19-27-18-23(2)25(14-10-12-16-31(6,7)8)21-29(27)28(26)20-24(22)13-9-11-15-30(3,4)5;1-2-4-5-3-1;2*1-3-4-2;;;;/h17-21H,9-16H2,1-8H3;1-5H;2*1,3-4H2,2H3;1H2;2*1H;/q4*-1;;;;+2/p-2. The minimum atomic E-state index is -1.85. The van der Waals surface area contributed by atoms with Gasteiger partial charge in [0.15, 0.2) is 0 Å². The second-order valence-electron chi connectivity index (χ2n) is 15.4. The Morgan fingerprint density at radius 2 is 1.00 bits per heavy atom. The van der Waals surface area contributed by atoms with Crippen molar-refractivity contribution in [3.63, 3.8) is 0 Å². The number of halogens is 2. The molecule has 0 N–H and O–H groups in total. The summed E-state index contributed by atoms with van der Waals surface area (Å²) in [6, 6.07) is 25.2. The van der Waals surface area contributed by atoms with E-state index in [0.717, 1.165) is 12.8 Å².